The molecule has 0 unspecified atom stereocenters. The molecule has 0 aliphatic heterocycles. The van der Waals surface area contributed by atoms with Gasteiger partial charge in [0.05, 0.1) is 0 Å². The molecule has 4 N–H and O–H groups in total. The van der Waals surface area contributed by atoms with Crippen molar-refractivity contribution in [3.63, 3.8) is 0 Å². The standard InChI is InChI=1S/Cr.3FH.2H2O/h;3*1H;2*1H2/q+3;;;;;/p-3. The first-order valence-electron chi connectivity index (χ1n) is 0.463. The van der Waals surface area contributed by atoms with E-state index in [1.54, 1.807) is 0 Å². The van der Waals surface area contributed by atoms with Gasteiger partial charge in [-0.3, -0.25) is 0 Å². The molecule has 0 aromatic carbocycles. The summed E-state index contributed by atoms with van der Waals surface area (Å²) in [4.78, 5) is 0. The molecule has 0 rings (SSSR count). The third kappa shape index (κ3) is 759. The van der Waals surface area contributed by atoms with E-state index < -0.39 is 15.5 Å². The van der Waals surface area contributed by atoms with Gasteiger partial charge in [0, 0.05) is 0 Å². The van der Waals surface area contributed by atoms with Crippen LogP contribution in [0.4, 0.5) is 10.6 Å². The fourth-order valence-corrected chi connectivity index (χ4v) is 0. The zero-order valence-electron chi connectivity index (χ0n) is 2.54. The summed E-state index contributed by atoms with van der Waals surface area (Å²) in [5.41, 5.74) is 0. The first-order chi connectivity index (χ1) is 1.73. The summed E-state index contributed by atoms with van der Waals surface area (Å²) < 4.78 is 29.4. The molecule has 0 aliphatic rings. The molecule has 0 fully saturated rings. The summed E-state index contributed by atoms with van der Waals surface area (Å²) in [6.45, 7) is 0. The molecule has 0 spiro atoms. The molecule has 43 valence electrons. The van der Waals surface area contributed by atoms with Crippen LogP contribution in [0.3, 0.4) is 0 Å². The first-order valence-corrected chi connectivity index (χ1v) is 1.91. The summed E-state index contributed by atoms with van der Waals surface area (Å²) in [5, 5.41) is 0. The maximum atomic E-state index is 9.79. The van der Waals surface area contributed by atoms with Gasteiger partial charge in [0.15, 0.2) is 0 Å². The van der Waals surface area contributed by atoms with Crippen LogP contribution in [0.25, 0.3) is 0 Å². The van der Waals surface area contributed by atoms with E-state index in [2.05, 4.69) is 0 Å². The monoisotopic (exact) mass is 145 g/mol. The molecular weight excluding hydrogens is 141 g/mol. The molecule has 0 aromatic heterocycles. The Balaban J connectivity index is -0.0000000450. The van der Waals surface area contributed by atoms with E-state index in [0.717, 1.165) is 0 Å². The molecule has 0 amide bonds. The second kappa shape index (κ2) is 8.97. The molecule has 0 radical (unpaired) electrons. The topological polar surface area (TPSA) is 63.0 Å². The molecule has 0 saturated heterocycles. The molecule has 0 aliphatic carbocycles. The van der Waals surface area contributed by atoms with Crippen molar-refractivity contribution in [3.05, 3.63) is 0 Å². The van der Waals surface area contributed by atoms with E-state index in [1.165, 1.54) is 0 Å². The molecule has 0 heterocycles. The van der Waals surface area contributed by atoms with Gasteiger partial charge in [-0.25, -0.2) is 0 Å². The van der Waals surface area contributed by atoms with Crippen molar-refractivity contribution < 1.29 is 37.1 Å². The molecule has 0 atom stereocenters. The Labute approximate surface area is 38.0 Å². The van der Waals surface area contributed by atoms with Crippen molar-refractivity contribution in [1.82, 2.24) is 0 Å². The van der Waals surface area contributed by atoms with E-state index in [-0.39, 0.29) is 11.0 Å². The van der Waals surface area contributed by atoms with Crippen LogP contribution in [0, 0.1) is 0 Å². The summed E-state index contributed by atoms with van der Waals surface area (Å²) in [6, 6.07) is 0. The molecular formula is H4CrF3O2. The average molecular weight is 145 g/mol. The van der Waals surface area contributed by atoms with Gasteiger partial charge in [-0.05, 0) is 0 Å². The van der Waals surface area contributed by atoms with Crippen LogP contribution in [-0.4, -0.2) is 11.0 Å². The number of hydrogen-bond donors (Lipinski definition) is 0. The third-order valence-electron chi connectivity index (χ3n) is 0. The molecule has 6 heavy (non-hydrogen) atoms. The SMILES string of the molecule is O.O.[F][Cr]([F])[F]. The quantitative estimate of drug-likeness (QED) is 0.445. The van der Waals surface area contributed by atoms with Crippen molar-refractivity contribution in [3.8, 4) is 0 Å². The predicted octanol–water partition coefficient (Wildman–Crippen LogP) is -0.391. The van der Waals surface area contributed by atoms with E-state index >= 15 is 0 Å². The molecule has 6 heteroatoms. The summed E-state index contributed by atoms with van der Waals surface area (Å²) in [7, 11) is 0. The van der Waals surface area contributed by atoms with E-state index in [1.807, 2.05) is 0 Å². The van der Waals surface area contributed by atoms with E-state index in [9.17, 15) is 10.6 Å². The van der Waals surface area contributed by atoms with Gasteiger partial charge >= 0.3 is 26.1 Å². The van der Waals surface area contributed by atoms with Crippen LogP contribution >= 0.6 is 0 Å². The minimum atomic E-state index is -4.54. The Kier molecular flexibility index (Phi) is 24.4. The van der Waals surface area contributed by atoms with Crippen molar-refractivity contribution >= 4 is 0 Å². The Bertz CT molecular complexity index is 13.5. The zero-order chi connectivity index (χ0) is 3.58. The summed E-state index contributed by atoms with van der Waals surface area (Å²) >= 11 is -4.54. The number of rotatable bonds is 0. The van der Waals surface area contributed by atoms with E-state index in [4.69, 9.17) is 0 Å². The summed E-state index contributed by atoms with van der Waals surface area (Å²) in [5.74, 6) is 0. The van der Waals surface area contributed by atoms with Crippen molar-refractivity contribution in [2.75, 3.05) is 0 Å². The van der Waals surface area contributed by atoms with Crippen molar-refractivity contribution in [2.24, 2.45) is 0 Å². The average Bonchev–Trinajstić information content (AvgIpc) is 0.811. The van der Waals surface area contributed by atoms with Crippen LogP contribution in [0.15, 0.2) is 0 Å². The van der Waals surface area contributed by atoms with Crippen LogP contribution in [0.1, 0.15) is 0 Å². The van der Waals surface area contributed by atoms with Crippen molar-refractivity contribution in [2.45, 2.75) is 0 Å². The van der Waals surface area contributed by atoms with Gasteiger partial charge < -0.3 is 11.0 Å². The van der Waals surface area contributed by atoms with E-state index in [0.29, 0.717) is 0 Å². The van der Waals surface area contributed by atoms with Gasteiger partial charge in [-0.2, -0.15) is 0 Å². The van der Waals surface area contributed by atoms with Gasteiger partial charge in [0.1, 0.15) is 0 Å². The van der Waals surface area contributed by atoms with Crippen LogP contribution < -0.4 is 0 Å². The minimum absolute atomic E-state index is 0. The van der Waals surface area contributed by atoms with Gasteiger partial charge in [-0.1, -0.05) is 0 Å². The molecule has 0 aromatic rings. The Hall–Kier alpha value is 0.242. The second-order valence-electron chi connectivity index (χ2n) is 0.175. The Morgan fingerprint density at radius 3 is 0.833 bits per heavy atom. The summed E-state index contributed by atoms with van der Waals surface area (Å²) in [6.07, 6.45) is 0. The second-order valence-corrected chi connectivity index (χ2v) is 0.721. The number of hydrogen-bond acceptors (Lipinski definition) is 0. The maximum absolute atomic E-state index is 9.79. The third-order valence-corrected chi connectivity index (χ3v) is 0. The van der Waals surface area contributed by atoms with Gasteiger partial charge in [0.25, 0.3) is 0 Å². The predicted molar refractivity (Wildman–Crippen MR) is 10.6 cm³/mol. The fourth-order valence-electron chi connectivity index (χ4n) is 0. The number of halogens is 3. The fraction of sp³-hybridized carbons (Fsp3) is 0. The normalized spacial score (nSPS) is 6.00. The van der Waals surface area contributed by atoms with Crippen molar-refractivity contribution in [1.29, 1.82) is 0 Å². The van der Waals surface area contributed by atoms with Crippen LogP contribution in [-0.2, 0) is 15.5 Å². The molecule has 0 bridgehead atoms. The molecule has 0 saturated carbocycles. The Morgan fingerprint density at radius 2 is 0.833 bits per heavy atom. The van der Waals surface area contributed by atoms with Crippen LogP contribution in [0.5, 0.6) is 0 Å². The van der Waals surface area contributed by atoms with Gasteiger partial charge in [-0.15, -0.1) is 0 Å². The van der Waals surface area contributed by atoms with Crippen LogP contribution in [0.2, 0.25) is 0 Å². The zero-order valence-corrected chi connectivity index (χ0v) is 3.82. The molecule has 2 nitrogen and oxygen atoms in total. The first kappa shape index (κ1) is 16.3. The van der Waals surface area contributed by atoms with Gasteiger partial charge in [0.2, 0.25) is 0 Å². The Morgan fingerprint density at radius 1 is 0.833 bits per heavy atom.